The Kier molecular flexibility index (Phi) is 4.59. The van der Waals surface area contributed by atoms with E-state index in [1.165, 1.54) is 0 Å². The Morgan fingerprint density at radius 2 is 1.89 bits per heavy atom. The molecule has 0 unspecified atom stereocenters. The molecule has 0 bridgehead atoms. The van der Waals surface area contributed by atoms with Crippen molar-refractivity contribution in [2.45, 2.75) is 32.1 Å². The van der Waals surface area contributed by atoms with Crippen molar-refractivity contribution in [3.05, 3.63) is 35.9 Å². The van der Waals surface area contributed by atoms with Gasteiger partial charge in [0.25, 0.3) is 0 Å². The maximum absolute atomic E-state index is 12.7. The molecule has 1 aliphatic rings. The molecule has 1 saturated heterocycles. The van der Waals surface area contributed by atoms with E-state index in [1.807, 2.05) is 18.2 Å². The highest BCUT2D eigenvalue weighted by molar-refractivity contribution is 5.88. The quantitative estimate of drug-likeness (QED) is 0.904. The van der Waals surface area contributed by atoms with Gasteiger partial charge in [0.15, 0.2) is 0 Å². The Morgan fingerprint density at radius 3 is 2.47 bits per heavy atom. The van der Waals surface area contributed by atoms with Crippen LogP contribution in [-0.4, -0.2) is 25.7 Å². The number of ether oxygens (including phenoxy) is 1. The van der Waals surface area contributed by atoms with Crippen LogP contribution in [0.5, 0.6) is 0 Å². The van der Waals surface area contributed by atoms with Crippen molar-refractivity contribution in [1.29, 1.82) is 0 Å². The monoisotopic (exact) mass is 261 g/mol. The first-order valence-corrected chi connectivity index (χ1v) is 7.07. The van der Waals surface area contributed by atoms with Crippen molar-refractivity contribution in [1.82, 2.24) is 5.32 Å². The molecule has 1 N–H and O–H groups in total. The highest BCUT2D eigenvalue weighted by Crippen LogP contribution is 2.35. The number of hydrogen-bond acceptors (Lipinski definition) is 2. The van der Waals surface area contributed by atoms with E-state index < -0.39 is 5.41 Å². The smallest absolute Gasteiger partial charge is 0.230 e. The van der Waals surface area contributed by atoms with E-state index in [1.54, 1.807) is 0 Å². The zero-order chi connectivity index (χ0) is 13.7. The number of amides is 1. The summed E-state index contributed by atoms with van der Waals surface area (Å²) in [4.78, 5) is 12.7. The average Bonchev–Trinajstić information content (AvgIpc) is 2.46. The third-order valence-electron chi connectivity index (χ3n) is 3.78. The molecule has 1 fully saturated rings. The molecule has 1 aromatic rings. The summed E-state index contributed by atoms with van der Waals surface area (Å²) in [6, 6.07) is 10.1. The lowest BCUT2D eigenvalue weighted by Gasteiger charge is -2.36. The van der Waals surface area contributed by atoms with Crippen LogP contribution in [0.4, 0.5) is 0 Å². The van der Waals surface area contributed by atoms with E-state index in [4.69, 9.17) is 4.74 Å². The predicted molar refractivity (Wildman–Crippen MR) is 76.0 cm³/mol. The minimum atomic E-state index is -0.408. The molecule has 0 spiro atoms. The third-order valence-corrected chi connectivity index (χ3v) is 3.78. The highest BCUT2D eigenvalue weighted by Gasteiger charge is 2.41. The molecule has 0 aliphatic carbocycles. The molecule has 1 aliphatic heterocycles. The summed E-state index contributed by atoms with van der Waals surface area (Å²) in [5.41, 5.74) is 0.702. The number of carbonyl (C=O) groups excluding carboxylic acids is 1. The number of nitrogens with one attached hydrogen (secondary N) is 1. The van der Waals surface area contributed by atoms with Crippen LogP contribution in [0, 0.1) is 5.92 Å². The molecule has 0 aromatic heterocycles. The van der Waals surface area contributed by atoms with Crippen molar-refractivity contribution in [3.63, 3.8) is 0 Å². The van der Waals surface area contributed by atoms with Crippen LogP contribution in [0.15, 0.2) is 30.3 Å². The number of hydrogen-bond donors (Lipinski definition) is 1. The van der Waals surface area contributed by atoms with E-state index in [2.05, 4.69) is 31.3 Å². The molecular formula is C16H23NO2. The average molecular weight is 261 g/mol. The molecule has 1 aromatic carbocycles. The van der Waals surface area contributed by atoms with Crippen molar-refractivity contribution in [2.24, 2.45) is 5.92 Å². The molecule has 19 heavy (non-hydrogen) atoms. The number of rotatable bonds is 4. The van der Waals surface area contributed by atoms with Gasteiger partial charge < -0.3 is 10.1 Å². The topological polar surface area (TPSA) is 38.3 Å². The first-order chi connectivity index (χ1) is 9.15. The van der Waals surface area contributed by atoms with E-state index in [9.17, 15) is 4.79 Å². The zero-order valence-corrected chi connectivity index (χ0v) is 11.8. The highest BCUT2D eigenvalue weighted by atomic mass is 16.5. The minimum Gasteiger partial charge on any atom is -0.381 e. The van der Waals surface area contributed by atoms with E-state index in [-0.39, 0.29) is 5.91 Å². The molecule has 1 amide bonds. The molecule has 104 valence electrons. The van der Waals surface area contributed by atoms with E-state index in [0.29, 0.717) is 19.1 Å². The third kappa shape index (κ3) is 3.16. The molecule has 1 heterocycles. The van der Waals surface area contributed by atoms with Crippen LogP contribution in [-0.2, 0) is 14.9 Å². The van der Waals surface area contributed by atoms with Crippen LogP contribution >= 0.6 is 0 Å². The summed E-state index contributed by atoms with van der Waals surface area (Å²) in [6.07, 6.45) is 1.53. The van der Waals surface area contributed by atoms with Gasteiger partial charge in [0.05, 0.1) is 5.41 Å². The lowest BCUT2D eigenvalue weighted by atomic mass is 9.73. The van der Waals surface area contributed by atoms with Crippen molar-refractivity contribution >= 4 is 5.91 Å². The van der Waals surface area contributed by atoms with Crippen molar-refractivity contribution in [2.75, 3.05) is 19.8 Å². The number of benzene rings is 1. The normalized spacial score (nSPS) is 18.3. The summed E-state index contributed by atoms with van der Waals surface area (Å²) < 4.78 is 5.44. The van der Waals surface area contributed by atoms with Crippen molar-refractivity contribution < 1.29 is 9.53 Å². The van der Waals surface area contributed by atoms with Gasteiger partial charge in [0.1, 0.15) is 0 Å². The molecule has 0 radical (unpaired) electrons. The Bertz CT molecular complexity index is 408. The van der Waals surface area contributed by atoms with Gasteiger partial charge in [-0.25, -0.2) is 0 Å². The first kappa shape index (κ1) is 14.1. The van der Waals surface area contributed by atoms with E-state index >= 15 is 0 Å². The van der Waals surface area contributed by atoms with Gasteiger partial charge in [-0.05, 0) is 24.3 Å². The summed E-state index contributed by atoms with van der Waals surface area (Å²) in [5.74, 6) is 0.618. The molecule has 2 rings (SSSR count). The summed E-state index contributed by atoms with van der Waals surface area (Å²) >= 11 is 0. The SMILES string of the molecule is CC(C)CNC(=O)C1(c2ccccc2)CCOCC1. The predicted octanol–water partition coefficient (Wildman–Crippen LogP) is 2.51. The summed E-state index contributed by atoms with van der Waals surface area (Å²) in [6.45, 7) is 6.27. The van der Waals surface area contributed by atoms with Crippen LogP contribution in [0.3, 0.4) is 0 Å². The van der Waals surface area contributed by atoms with E-state index in [0.717, 1.165) is 24.9 Å². The van der Waals surface area contributed by atoms with Gasteiger partial charge in [0.2, 0.25) is 5.91 Å². The largest absolute Gasteiger partial charge is 0.381 e. The van der Waals surface area contributed by atoms with Crippen LogP contribution in [0.25, 0.3) is 0 Å². The van der Waals surface area contributed by atoms with Crippen molar-refractivity contribution in [3.8, 4) is 0 Å². The lowest BCUT2D eigenvalue weighted by molar-refractivity contribution is -0.130. The fraction of sp³-hybridized carbons (Fsp3) is 0.562. The zero-order valence-electron chi connectivity index (χ0n) is 11.8. The maximum Gasteiger partial charge on any atom is 0.230 e. The van der Waals surface area contributed by atoms with Gasteiger partial charge in [-0.15, -0.1) is 0 Å². The Balaban J connectivity index is 2.22. The minimum absolute atomic E-state index is 0.149. The molecule has 0 saturated carbocycles. The standard InChI is InChI=1S/C16H23NO2/c1-13(2)12-17-15(18)16(8-10-19-11-9-16)14-6-4-3-5-7-14/h3-7,13H,8-12H2,1-2H3,(H,17,18). The van der Waals surface area contributed by atoms with Gasteiger partial charge in [-0.3, -0.25) is 4.79 Å². The molecule has 3 heteroatoms. The van der Waals surface area contributed by atoms with Gasteiger partial charge in [-0.2, -0.15) is 0 Å². The first-order valence-electron chi connectivity index (χ1n) is 7.07. The molecule has 3 nitrogen and oxygen atoms in total. The number of carbonyl (C=O) groups is 1. The summed E-state index contributed by atoms with van der Waals surface area (Å²) in [5, 5.41) is 3.10. The molecule has 0 atom stereocenters. The van der Waals surface area contributed by atoms with Crippen LogP contribution < -0.4 is 5.32 Å². The van der Waals surface area contributed by atoms with Crippen LogP contribution in [0.1, 0.15) is 32.3 Å². The Labute approximate surface area is 115 Å². The van der Waals surface area contributed by atoms with Crippen LogP contribution in [0.2, 0.25) is 0 Å². The maximum atomic E-state index is 12.7. The lowest BCUT2D eigenvalue weighted by Crippen LogP contribution is -2.48. The Morgan fingerprint density at radius 1 is 1.26 bits per heavy atom. The second kappa shape index (κ2) is 6.20. The summed E-state index contributed by atoms with van der Waals surface area (Å²) in [7, 11) is 0. The van der Waals surface area contributed by atoms with Gasteiger partial charge in [-0.1, -0.05) is 44.2 Å². The van der Waals surface area contributed by atoms with Gasteiger partial charge in [0, 0.05) is 19.8 Å². The Hall–Kier alpha value is -1.35. The second-order valence-electron chi connectivity index (χ2n) is 5.66. The fourth-order valence-corrected chi connectivity index (χ4v) is 2.59. The van der Waals surface area contributed by atoms with Gasteiger partial charge >= 0.3 is 0 Å². The fourth-order valence-electron chi connectivity index (χ4n) is 2.59. The second-order valence-corrected chi connectivity index (χ2v) is 5.66. The molecular weight excluding hydrogens is 238 g/mol.